The molecule has 0 saturated carbocycles. The van der Waals surface area contributed by atoms with Crippen molar-refractivity contribution in [3.63, 3.8) is 0 Å². The van der Waals surface area contributed by atoms with E-state index < -0.39 is 97.3 Å². The number of carboxylic acids is 1. The first-order valence-electron chi connectivity index (χ1n) is 15.9. The van der Waals surface area contributed by atoms with Crippen LogP contribution >= 0.6 is 0 Å². The second-order valence-electron chi connectivity index (χ2n) is 12.6. The fourth-order valence-corrected chi connectivity index (χ4v) is 5.98. The SMILES string of the molecule is CC1OC(O[C@H]2/C=C/C=C/C=C/C=C/C[C@@H](C)OC(=O)/C=C/[C@H]3O[C@@H]3C[C@H](O)C[C@]3(O)C[C@H](O)[C@@H](C(=O)O)[C@H](C2)O3)C(O)C(O)C1N. The number of cyclic esters (lactones) is 1. The van der Waals surface area contributed by atoms with Gasteiger partial charge in [-0.05, 0) is 19.9 Å². The zero-order valence-electron chi connectivity index (χ0n) is 26.4. The van der Waals surface area contributed by atoms with Gasteiger partial charge in [0.15, 0.2) is 12.1 Å². The minimum absolute atomic E-state index is 0.0773. The quantitative estimate of drug-likeness (QED) is 0.157. The summed E-state index contributed by atoms with van der Waals surface area (Å²) in [6.45, 7) is 3.38. The Kier molecular flexibility index (Phi) is 13.1. The summed E-state index contributed by atoms with van der Waals surface area (Å²) >= 11 is 0. The second-order valence-corrected chi connectivity index (χ2v) is 12.6. The molecule has 0 spiro atoms. The van der Waals surface area contributed by atoms with Crippen molar-refractivity contribution >= 4 is 11.9 Å². The van der Waals surface area contributed by atoms with Gasteiger partial charge in [0.2, 0.25) is 0 Å². The van der Waals surface area contributed by atoms with Gasteiger partial charge in [-0.2, -0.15) is 0 Å². The van der Waals surface area contributed by atoms with Crippen LogP contribution in [-0.2, 0) is 33.3 Å². The number of aliphatic hydroxyl groups is 5. The van der Waals surface area contributed by atoms with Crippen LogP contribution in [0.15, 0.2) is 60.8 Å². The highest BCUT2D eigenvalue weighted by Gasteiger charge is 2.51. The Hall–Kier alpha value is -2.76. The number of aliphatic carboxylic acids is 1. The number of hydrogen-bond acceptors (Lipinski definition) is 13. The molecule has 0 amide bonds. The number of nitrogens with two attached hydrogens (primary N) is 1. The maximum Gasteiger partial charge on any atom is 0.330 e. The molecule has 0 radical (unpaired) electrons. The largest absolute Gasteiger partial charge is 0.481 e. The van der Waals surface area contributed by atoms with Gasteiger partial charge in [0.1, 0.15) is 30.3 Å². The van der Waals surface area contributed by atoms with E-state index in [0.29, 0.717) is 6.42 Å². The molecule has 4 aliphatic rings. The molecule has 5 unspecified atom stereocenters. The van der Waals surface area contributed by atoms with Gasteiger partial charge < -0.3 is 60.1 Å². The number of aliphatic hydroxyl groups excluding tert-OH is 4. The lowest BCUT2D eigenvalue weighted by atomic mass is 9.83. The van der Waals surface area contributed by atoms with Crippen LogP contribution in [0.3, 0.4) is 0 Å². The zero-order valence-corrected chi connectivity index (χ0v) is 26.4. The third-order valence-electron chi connectivity index (χ3n) is 8.59. The predicted octanol–water partition coefficient (Wildman–Crippen LogP) is 0.120. The molecule has 4 heterocycles. The average Bonchev–Trinajstić information content (AvgIpc) is 3.72. The highest BCUT2D eigenvalue weighted by atomic mass is 16.7. The van der Waals surface area contributed by atoms with Crippen LogP contribution in [0.25, 0.3) is 0 Å². The van der Waals surface area contributed by atoms with Crippen LogP contribution in [0.5, 0.6) is 0 Å². The zero-order chi connectivity index (χ0) is 34.3. The molecule has 0 aromatic heterocycles. The van der Waals surface area contributed by atoms with Gasteiger partial charge in [0.05, 0.1) is 42.7 Å². The van der Waals surface area contributed by atoms with E-state index in [-0.39, 0.29) is 25.4 Å². The summed E-state index contributed by atoms with van der Waals surface area (Å²) in [4.78, 5) is 24.4. The van der Waals surface area contributed by atoms with Gasteiger partial charge in [-0.15, -0.1) is 0 Å². The molecule has 2 bridgehead atoms. The van der Waals surface area contributed by atoms with Gasteiger partial charge in [0.25, 0.3) is 0 Å². The molecule has 3 saturated heterocycles. The van der Waals surface area contributed by atoms with Crippen molar-refractivity contribution in [2.24, 2.45) is 11.7 Å². The molecular weight excluding hydrogens is 618 g/mol. The van der Waals surface area contributed by atoms with E-state index in [1.165, 1.54) is 12.2 Å². The number of allylic oxidation sites excluding steroid dienone is 6. The fourth-order valence-electron chi connectivity index (χ4n) is 5.98. The highest BCUT2D eigenvalue weighted by molar-refractivity contribution is 5.82. The first-order chi connectivity index (χ1) is 22.3. The van der Waals surface area contributed by atoms with Crippen LogP contribution < -0.4 is 5.73 Å². The number of carbonyl (C=O) groups excluding carboxylic acids is 1. The third kappa shape index (κ3) is 10.6. The van der Waals surface area contributed by atoms with Crippen LogP contribution in [0, 0.1) is 5.92 Å². The third-order valence-corrected chi connectivity index (χ3v) is 8.59. The summed E-state index contributed by atoms with van der Waals surface area (Å²) in [6.07, 6.45) is 4.92. The van der Waals surface area contributed by atoms with Gasteiger partial charge in [0, 0.05) is 38.2 Å². The number of epoxide rings is 1. The summed E-state index contributed by atoms with van der Waals surface area (Å²) in [5.41, 5.74) is 5.91. The molecule has 4 aliphatic heterocycles. The molecule has 3 fully saturated rings. The van der Waals surface area contributed by atoms with Gasteiger partial charge in [-0.1, -0.05) is 48.6 Å². The predicted molar refractivity (Wildman–Crippen MR) is 165 cm³/mol. The van der Waals surface area contributed by atoms with Crippen LogP contribution in [0.1, 0.15) is 46.0 Å². The molecule has 0 aromatic carbocycles. The lowest BCUT2D eigenvalue weighted by Gasteiger charge is -2.45. The number of esters is 1. The Morgan fingerprint density at radius 1 is 0.936 bits per heavy atom. The van der Waals surface area contributed by atoms with Crippen molar-refractivity contribution in [3.8, 4) is 0 Å². The Balaban J connectivity index is 1.58. The van der Waals surface area contributed by atoms with Crippen molar-refractivity contribution in [1.82, 2.24) is 0 Å². The van der Waals surface area contributed by atoms with Crippen molar-refractivity contribution < 1.29 is 63.9 Å². The maximum atomic E-state index is 12.3. The van der Waals surface area contributed by atoms with E-state index in [2.05, 4.69) is 0 Å². The molecule has 47 heavy (non-hydrogen) atoms. The molecule has 262 valence electrons. The molecule has 14 nitrogen and oxygen atoms in total. The summed E-state index contributed by atoms with van der Waals surface area (Å²) < 4.78 is 28.5. The Morgan fingerprint density at radius 3 is 2.36 bits per heavy atom. The fraction of sp³-hybridized carbons (Fsp3) is 0.636. The molecule has 0 aromatic rings. The van der Waals surface area contributed by atoms with Gasteiger partial charge >= 0.3 is 11.9 Å². The summed E-state index contributed by atoms with van der Waals surface area (Å²) in [7, 11) is 0. The molecule has 14 atom stereocenters. The molecule has 4 rings (SSSR count). The summed E-state index contributed by atoms with van der Waals surface area (Å²) in [6, 6.07) is -0.870. The minimum atomic E-state index is -2.10. The van der Waals surface area contributed by atoms with E-state index in [1.54, 1.807) is 56.4 Å². The van der Waals surface area contributed by atoms with Crippen LogP contribution in [0.4, 0.5) is 0 Å². The van der Waals surface area contributed by atoms with Crippen molar-refractivity contribution in [2.45, 2.75) is 125 Å². The lowest BCUT2D eigenvalue weighted by molar-refractivity contribution is -0.308. The van der Waals surface area contributed by atoms with E-state index >= 15 is 0 Å². The first kappa shape index (κ1) is 37.1. The number of carboxylic acid groups (broad SMARTS) is 1. The van der Waals surface area contributed by atoms with E-state index in [4.69, 9.17) is 29.4 Å². The normalized spacial score (nSPS) is 47.2. The topological polar surface area (TPSA) is 231 Å². The number of ether oxygens (including phenoxy) is 5. The summed E-state index contributed by atoms with van der Waals surface area (Å²) in [5, 5.41) is 64.1. The highest BCUT2D eigenvalue weighted by Crippen LogP contribution is 2.39. The smallest absolute Gasteiger partial charge is 0.330 e. The number of carbonyl (C=O) groups is 2. The number of hydrogen-bond donors (Lipinski definition) is 7. The Morgan fingerprint density at radius 2 is 1.64 bits per heavy atom. The average molecular weight is 666 g/mol. The number of fused-ring (bicyclic) bond motifs is 3. The second kappa shape index (κ2) is 16.6. The standard InChI is InChI=1S/C33H47NO13/c1-18-10-8-6-4-3-5-7-9-11-21(45-32-30(39)29(38)28(34)19(2)44-32)15-25-27(31(40)41)22(36)17-33(42,47-25)16-20(35)14-24-23(46-24)12-13-26(37)43-18/h3-9,11-13,18-25,27-30,32,35-36,38-39,42H,10,14-17,34H2,1-2H3,(H,40,41)/b4-3+,7-5+,8-6+,11-9+,13-12+/t18-,19?,20+,21+,22+,23-,24-,25+,27-,28?,29?,30?,32?,33-/m1/s1. The van der Waals surface area contributed by atoms with E-state index in [9.17, 15) is 40.2 Å². The minimum Gasteiger partial charge on any atom is -0.481 e. The first-order valence-corrected chi connectivity index (χ1v) is 15.9. The lowest BCUT2D eigenvalue weighted by Crippen LogP contribution is -2.61. The molecule has 0 aliphatic carbocycles. The monoisotopic (exact) mass is 665 g/mol. The number of rotatable bonds is 3. The van der Waals surface area contributed by atoms with E-state index in [1.807, 2.05) is 6.08 Å². The molecular formula is C33H47NO13. The van der Waals surface area contributed by atoms with Crippen molar-refractivity contribution in [1.29, 1.82) is 0 Å². The van der Waals surface area contributed by atoms with E-state index in [0.717, 1.165) is 0 Å². The van der Waals surface area contributed by atoms with Gasteiger partial charge in [-0.3, -0.25) is 4.79 Å². The van der Waals surface area contributed by atoms with Crippen LogP contribution in [0.2, 0.25) is 0 Å². The van der Waals surface area contributed by atoms with Crippen molar-refractivity contribution in [2.75, 3.05) is 0 Å². The van der Waals surface area contributed by atoms with Crippen LogP contribution in [-0.4, -0.2) is 122 Å². The summed E-state index contributed by atoms with van der Waals surface area (Å²) in [5.74, 6) is -5.46. The van der Waals surface area contributed by atoms with Gasteiger partial charge in [-0.25, -0.2) is 4.79 Å². The Labute approximate surface area is 273 Å². The molecule has 8 N–H and O–H groups in total. The Bertz CT molecular complexity index is 1220. The van der Waals surface area contributed by atoms with Crippen molar-refractivity contribution in [3.05, 3.63) is 60.8 Å². The molecule has 14 heteroatoms. The maximum absolute atomic E-state index is 12.3.